The van der Waals surface area contributed by atoms with Gasteiger partial charge in [0, 0.05) is 63.3 Å². The van der Waals surface area contributed by atoms with Crippen LogP contribution in [0.4, 0.5) is 13.9 Å². The average Bonchev–Trinajstić information content (AvgIpc) is 3.31. The van der Waals surface area contributed by atoms with Crippen molar-refractivity contribution in [2.75, 3.05) is 77.1 Å². The molecule has 0 spiro atoms. The predicted octanol–water partition coefficient (Wildman–Crippen LogP) is 1.83. The summed E-state index contributed by atoms with van der Waals surface area (Å²) in [5.41, 5.74) is 6.38. The number of ether oxygens (including phenoxy) is 2. The molecule has 0 bridgehead atoms. The molecule has 0 saturated carbocycles. The third-order valence-corrected chi connectivity index (χ3v) is 6.51. The third-order valence-electron chi connectivity index (χ3n) is 5.61. The van der Waals surface area contributed by atoms with E-state index in [1.165, 1.54) is 17.4 Å². The van der Waals surface area contributed by atoms with Crippen molar-refractivity contribution in [3.05, 3.63) is 29.1 Å². The van der Waals surface area contributed by atoms with Gasteiger partial charge in [-0.25, -0.2) is 9.37 Å². The van der Waals surface area contributed by atoms with E-state index in [-0.39, 0.29) is 30.7 Å². The Balaban J connectivity index is 0.00000306. The van der Waals surface area contributed by atoms with Crippen LogP contribution in [-0.4, -0.2) is 92.9 Å². The molecular formula is C21H28ClF2N5O3S. The Kier molecular flexibility index (Phi) is 9.21. The molecule has 0 unspecified atom stereocenters. The maximum atomic E-state index is 14.6. The normalized spacial score (nSPS) is 17.1. The molecule has 2 saturated heterocycles. The summed E-state index contributed by atoms with van der Waals surface area (Å²) in [5.74, 6) is -2.71. The van der Waals surface area contributed by atoms with Crippen LogP contribution in [0.2, 0.25) is 0 Å². The van der Waals surface area contributed by atoms with Gasteiger partial charge in [-0.2, -0.15) is 4.39 Å². The molecule has 4 rings (SSSR count). The Bertz CT molecular complexity index is 937. The molecule has 33 heavy (non-hydrogen) atoms. The minimum Gasteiger partial charge on any atom is -0.480 e. The molecule has 0 atom stereocenters. The number of hydrogen-bond donors (Lipinski definition) is 1. The SMILES string of the molecule is Cl.NCCN1CCN(C(=O)COc2c(-c3csc(N4CCOCC4)n3)ccc(F)c2F)CC1. The van der Waals surface area contributed by atoms with E-state index < -0.39 is 11.6 Å². The first-order valence-corrected chi connectivity index (χ1v) is 11.5. The second-order valence-electron chi connectivity index (χ2n) is 7.65. The molecule has 12 heteroatoms. The maximum absolute atomic E-state index is 14.6. The Labute approximate surface area is 201 Å². The number of piperazine rings is 1. The number of morpholine rings is 1. The van der Waals surface area contributed by atoms with Gasteiger partial charge in [-0.1, -0.05) is 0 Å². The zero-order chi connectivity index (χ0) is 22.5. The van der Waals surface area contributed by atoms with E-state index >= 15 is 0 Å². The number of nitrogens with zero attached hydrogens (tertiary/aromatic N) is 4. The number of hydrogen-bond acceptors (Lipinski definition) is 8. The first kappa shape index (κ1) is 25.6. The number of benzene rings is 1. The maximum Gasteiger partial charge on any atom is 0.260 e. The van der Waals surface area contributed by atoms with E-state index in [1.54, 1.807) is 10.3 Å². The number of rotatable bonds is 7. The molecule has 2 aliphatic rings. The average molecular weight is 504 g/mol. The molecule has 0 aliphatic carbocycles. The first-order chi connectivity index (χ1) is 15.6. The van der Waals surface area contributed by atoms with E-state index in [0.717, 1.165) is 43.9 Å². The lowest BCUT2D eigenvalue weighted by molar-refractivity contribution is -0.135. The Morgan fingerprint density at radius 1 is 1.15 bits per heavy atom. The summed E-state index contributed by atoms with van der Waals surface area (Å²) in [6.07, 6.45) is 0. The second kappa shape index (κ2) is 11.9. The fourth-order valence-corrected chi connectivity index (χ4v) is 4.67. The first-order valence-electron chi connectivity index (χ1n) is 10.7. The summed E-state index contributed by atoms with van der Waals surface area (Å²) in [7, 11) is 0. The number of aromatic nitrogens is 1. The third kappa shape index (κ3) is 6.10. The Hall–Kier alpha value is -2.05. The van der Waals surface area contributed by atoms with E-state index in [0.29, 0.717) is 44.1 Å². The van der Waals surface area contributed by atoms with Gasteiger partial charge in [0.2, 0.25) is 5.82 Å². The lowest BCUT2D eigenvalue weighted by atomic mass is 10.1. The highest BCUT2D eigenvalue weighted by atomic mass is 35.5. The van der Waals surface area contributed by atoms with Gasteiger partial charge in [-0.3, -0.25) is 9.69 Å². The number of thiazole rings is 1. The summed E-state index contributed by atoms with van der Waals surface area (Å²) in [5, 5.41) is 2.56. The van der Waals surface area contributed by atoms with Crippen LogP contribution in [0, 0.1) is 11.6 Å². The van der Waals surface area contributed by atoms with Crippen molar-refractivity contribution in [2.45, 2.75) is 0 Å². The lowest BCUT2D eigenvalue weighted by Gasteiger charge is -2.34. The standard InChI is InChI=1S/C21H27F2N5O3S.ClH/c22-16-2-1-15(17-14-32-21(25-17)28-9-11-30-12-10-28)20(19(16)23)31-13-18(29)27-7-5-26(4-3-24)6-8-27;/h1-2,14H,3-13,24H2;1H. The lowest BCUT2D eigenvalue weighted by Crippen LogP contribution is -2.50. The monoisotopic (exact) mass is 503 g/mol. The number of carbonyl (C=O) groups excluding carboxylic acids is 1. The molecule has 182 valence electrons. The molecule has 1 aromatic heterocycles. The highest BCUT2D eigenvalue weighted by molar-refractivity contribution is 7.14. The number of carbonyl (C=O) groups is 1. The van der Waals surface area contributed by atoms with Crippen molar-refractivity contribution in [3.63, 3.8) is 0 Å². The van der Waals surface area contributed by atoms with Crippen LogP contribution in [0.25, 0.3) is 11.3 Å². The molecule has 1 amide bonds. The van der Waals surface area contributed by atoms with Crippen molar-refractivity contribution in [1.29, 1.82) is 0 Å². The van der Waals surface area contributed by atoms with Gasteiger partial charge in [0.15, 0.2) is 23.3 Å². The van der Waals surface area contributed by atoms with Crippen LogP contribution in [0.15, 0.2) is 17.5 Å². The zero-order valence-corrected chi connectivity index (χ0v) is 19.8. The summed E-state index contributed by atoms with van der Waals surface area (Å²) >= 11 is 1.42. The topological polar surface area (TPSA) is 84.2 Å². The van der Waals surface area contributed by atoms with Crippen molar-refractivity contribution < 1.29 is 23.0 Å². The van der Waals surface area contributed by atoms with E-state index in [1.807, 2.05) is 0 Å². The predicted molar refractivity (Wildman–Crippen MR) is 125 cm³/mol. The van der Waals surface area contributed by atoms with E-state index in [2.05, 4.69) is 14.8 Å². The smallest absolute Gasteiger partial charge is 0.260 e. The van der Waals surface area contributed by atoms with E-state index in [9.17, 15) is 13.6 Å². The minimum absolute atomic E-state index is 0. The Morgan fingerprint density at radius 2 is 1.88 bits per heavy atom. The fraction of sp³-hybridized carbons (Fsp3) is 0.524. The number of amides is 1. The van der Waals surface area contributed by atoms with Crippen LogP contribution in [0.5, 0.6) is 5.75 Å². The summed E-state index contributed by atoms with van der Waals surface area (Å²) in [6.45, 7) is 6.24. The van der Waals surface area contributed by atoms with Crippen molar-refractivity contribution in [1.82, 2.24) is 14.8 Å². The van der Waals surface area contributed by atoms with Gasteiger partial charge in [0.1, 0.15) is 0 Å². The summed E-state index contributed by atoms with van der Waals surface area (Å²) in [4.78, 5) is 23.1. The van der Waals surface area contributed by atoms with Crippen molar-refractivity contribution in [3.8, 4) is 17.0 Å². The summed E-state index contributed by atoms with van der Waals surface area (Å²) in [6, 6.07) is 2.48. The molecule has 2 fully saturated rings. The van der Waals surface area contributed by atoms with Crippen LogP contribution < -0.4 is 15.4 Å². The van der Waals surface area contributed by atoms with Crippen LogP contribution in [0.1, 0.15) is 0 Å². The zero-order valence-electron chi connectivity index (χ0n) is 18.2. The largest absolute Gasteiger partial charge is 0.480 e. The molecular weight excluding hydrogens is 476 g/mol. The molecule has 0 radical (unpaired) electrons. The van der Waals surface area contributed by atoms with Gasteiger partial charge < -0.3 is 25.0 Å². The fourth-order valence-electron chi connectivity index (χ4n) is 3.79. The molecule has 2 aromatic rings. The highest BCUT2D eigenvalue weighted by Crippen LogP contribution is 2.36. The number of anilines is 1. The molecule has 1 aromatic carbocycles. The van der Waals surface area contributed by atoms with Crippen LogP contribution in [-0.2, 0) is 9.53 Å². The van der Waals surface area contributed by atoms with E-state index in [4.69, 9.17) is 15.2 Å². The molecule has 2 aliphatic heterocycles. The Morgan fingerprint density at radius 3 is 2.58 bits per heavy atom. The van der Waals surface area contributed by atoms with Crippen molar-refractivity contribution in [2.24, 2.45) is 5.73 Å². The van der Waals surface area contributed by atoms with Crippen molar-refractivity contribution >= 4 is 34.8 Å². The highest BCUT2D eigenvalue weighted by Gasteiger charge is 2.24. The molecule has 3 heterocycles. The van der Waals surface area contributed by atoms with Gasteiger partial charge in [0.25, 0.3) is 5.91 Å². The van der Waals surface area contributed by atoms with Gasteiger partial charge in [0.05, 0.1) is 18.9 Å². The van der Waals surface area contributed by atoms with Crippen LogP contribution in [0.3, 0.4) is 0 Å². The quantitative estimate of drug-likeness (QED) is 0.617. The molecule has 8 nitrogen and oxygen atoms in total. The second-order valence-corrected chi connectivity index (χ2v) is 8.49. The summed E-state index contributed by atoms with van der Waals surface area (Å²) < 4.78 is 39.5. The van der Waals surface area contributed by atoms with Gasteiger partial charge in [-0.15, -0.1) is 23.7 Å². The van der Waals surface area contributed by atoms with Gasteiger partial charge >= 0.3 is 0 Å². The van der Waals surface area contributed by atoms with Gasteiger partial charge in [-0.05, 0) is 12.1 Å². The van der Waals surface area contributed by atoms with Crippen LogP contribution >= 0.6 is 23.7 Å². The number of nitrogens with two attached hydrogens (primary N) is 1. The number of halogens is 3. The minimum atomic E-state index is -1.12. The molecule has 2 N–H and O–H groups in total.